The molecule has 0 atom stereocenters. The summed E-state index contributed by atoms with van der Waals surface area (Å²) >= 11 is 0. The van der Waals surface area contributed by atoms with Crippen molar-refractivity contribution in [1.82, 2.24) is 10.2 Å². The van der Waals surface area contributed by atoms with Crippen molar-refractivity contribution in [3.8, 4) is 6.07 Å². The number of benzene rings is 1. The van der Waals surface area contributed by atoms with E-state index in [4.69, 9.17) is 0 Å². The summed E-state index contributed by atoms with van der Waals surface area (Å²) in [5.41, 5.74) is 1.73. The first-order chi connectivity index (χ1) is 10.0. The fourth-order valence-corrected chi connectivity index (χ4v) is 2.73. The van der Waals surface area contributed by atoms with E-state index >= 15 is 0 Å². The second-order valence-electron chi connectivity index (χ2n) is 5.97. The maximum Gasteiger partial charge on any atom is 0.221 e. The maximum absolute atomic E-state index is 12.2. The molecule has 21 heavy (non-hydrogen) atoms. The molecule has 112 valence electrons. The van der Waals surface area contributed by atoms with Crippen molar-refractivity contribution >= 4 is 5.91 Å². The first-order valence-electron chi connectivity index (χ1n) is 7.50. The molecule has 4 nitrogen and oxygen atoms in total. The Balaban J connectivity index is 1.89. The van der Waals surface area contributed by atoms with Crippen LogP contribution in [-0.4, -0.2) is 36.5 Å². The normalized spacial score (nSPS) is 18.0. The Kier molecular flexibility index (Phi) is 4.98. The highest BCUT2D eigenvalue weighted by Crippen LogP contribution is 2.21. The SMILES string of the molecule is Cc1ccccc1CCC(=O)NC1(C#N)CCN(C)CC1. The van der Waals surface area contributed by atoms with Crippen molar-refractivity contribution in [2.45, 2.75) is 38.1 Å². The number of amides is 1. The Hall–Kier alpha value is -1.86. The Bertz CT molecular complexity index is 539. The third-order valence-electron chi connectivity index (χ3n) is 4.32. The summed E-state index contributed by atoms with van der Waals surface area (Å²) in [5, 5.41) is 12.4. The predicted molar refractivity (Wildman–Crippen MR) is 82.7 cm³/mol. The third kappa shape index (κ3) is 4.05. The molecule has 1 fully saturated rings. The number of hydrogen-bond donors (Lipinski definition) is 1. The van der Waals surface area contributed by atoms with Gasteiger partial charge >= 0.3 is 0 Å². The van der Waals surface area contributed by atoms with Crippen LogP contribution in [0.25, 0.3) is 0 Å². The highest BCUT2D eigenvalue weighted by atomic mass is 16.1. The molecule has 1 heterocycles. The summed E-state index contributed by atoms with van der Waals surface area (Å²) in [6.45, 7) is 3.76. The van der Waals surface area contributed by atoms with Crippen LogP contribution < -0.4 is 5.32 Å². The van der Waals surface area contributed by atoms with E-state index in [-0.39, 0.29) is 5.91 Å². The van der Waals surface area contributed by atoms with Gasteiger partial charge in [-0.15, -0.1) is 0 Å². The summed E-state index contributed by atoms with van der Waals surface area (Å²) in [6.07, 6.45) is 2.57. The topological polar surface area (TPSA) is 56.1 Å². The quantitative estimate of drug-likeness (QED) is 0.921. The molecule has 0 spiro atoms. The molecule has 1 saturated heterocycles. The first-order valence-corrected chi connectivity index (χ1v) is 7.50. The van der Waals surface area contributed by atoms with E-state index in [0.29, 0.717) is 19.3 Å². The zero-order valence-corrected chi connectivity index (χ0v) is 12.9. The van der Waals surface area contributed by atoms with Crippen LogP contribution in [0.5, 0.6) is 0 Å². The van der Waals surface area contributed by atoms with Crippen molar-refractivity contribution in [1.29, 1.82) is 5.26 Å². The van der Waals surface area contributed by atoms with Crippen molar-refractivity contribution in [2.24, 2.45) is 0 Å². The van der Waals surface area contributed by atoms with Crippen molar-refractivity contribution in [3.05, 3.63) is 35.4 Å². The van der Waals surface area contributed by atoms with Gasteiger partial charge in [-0.1, -0.05) is 24.3 Å². The maximum atomic E-state index is 12.2. The number of piperidine rings is 1. The monoisotopic (exact) mass is 285 g/mol. The number of rotatable bonds is 4. The number of likely N-dealkylation sites (tertiary alicyclic amines) is 1. The highest BCUT2D eigenvalue weighted by Gasteiger charge is 2.34. The summed E-state index contributed by atoms with van der Waals surface area (Å²) < 4.78 is 0. The Morgan fingerprint density at radius 1 is 1.38 bits per heavy atom. The van der Waals surface area contributed by atoms with Gasteiger partial charge < -0.3 is 10.2 Å². The summed E-state index contributed by atoms with van der Waals surface area (Å²) in [4.78, 5) is 14.4. The Labute approximate surface area is 126 Å². The molecule has 4 heteroatoms. The standard InChI is InChI=1S/C17H23N3O/c1-14-5-3-4-6-15(14)7-8-16(21)19-17(13-18)9-11-20(2)12-10-17/h3-6H,7-12H2,1-2H3,(H,19,21). The molecular weight excluding hydrogens is 262 g/mol. The molecule has 1 aromatic carbocycles. The molecule has 2 rings (SSSR count). The minimum absolute atomic E-state index is 0.0237. The minimum Gasteiger partial charge on any atom is -0.338 e. The minimum atomic E-state index is -0.671. The highest BCUT2D eigenvalue weighted by molar-refractivity contribution is 5.77. The zero-order chi connectivity index (χ0) is 15.3. The predicted octanol–water partition coefficient (Wildman–Crippen LogP) is 2.03. The molecule has 1 aliphatic heterocycles. The summed E-state index contributed by atoms with van der Waals surface area (Å²) in [7, 11) is 2.04. The summed E-state index contributed by atoms with van der Waals surface area (Å²) in [5.74, 6) is -0.0237. The molecule has 1 N–H and O–H groups in total. The van der Waals surface area contributed by atoms with Crippen LogP contribution in [0.2, 0.25) is 0 Å². The van der Waals surface area contributed by atoms with E-state index in [1.54, 1.807) is 0 Å². The van der Waals surface area contributed by atoms with E-state index in [1.807, 2.05) is 19.2 Å². The number of hydrogen-bond acceptors (Lipinski definition) is 3. The van der Waals surface area contributed by atoms with Crippen molar-refractivity contribution in [3.63, 3.8) is 0 Å². The van der Waals surface area contributed by atoms with Crippen molar-refractivity contribution in [2.75, 3.05) is 20.1 Å². The van der Waals surface area contributed by atoms with E-state index in [9.17, 15) is 10.1 Å². The third-order valence-corrected chi connectivity index (χ3v) is 4.32. The molecule has 0 aliphatic carbocycles. The zero-order valence-electron chi connectivity index (χ0n) is 12.9. The lowest BCUT2D eigenvalue weighted by molar-refractivity contribution is -0.122. The lowest BCUT2D eigenvalue weighted by Gasteiger charge is -2.36. The van der Waals surface area contributed by atoms with Gasteiger partial charge in [0, 0.05) is 19.5 Å². The number of nitrogens with zero attached hydrogens (tertiary/aromatic N) is 2. The molecule has 0 radical (unpaired) electrons. The second-order valence-corrected chi connectivity index (χ2v) is 5.97. The summed E-state index contributed by atoms with van der Waals surface area (Å²) in [6, 6.07) is 10.4. The lowest BCUT2D eigenvalue weighted by Crippen LogP contribution is -2.53. The smallest absolute Gasteiger partial charge is 0.221 e. The van der Waals surface area contributed by atoms with Gasteiger partial charge in [0.2, 0.25) is 5.91 Å². The van der Waals surface area contributed by atoms with Gasteiger partial charge in [0.25, 0.3) is 0 Å². The van der Waals surface area contributed by atoms with Gasteiger partial charge in [-0.25, -0.2) is 0 Å². The molecule has 1 aromatic rings. The van der Waals surface area contributed by atoms with E-state index < -0.39 is 5.54 Å². The van der Waals surface area contributed by atoms with E-state index in [0.717, 1.165) is 19.5 Å². The van der Waals surface area contributed by atoms with Gasteiger partial charge in [-0.3, -0.25) is 4.79 Å². The van der Waals surface area contributed by atoms with Crippen LogP contribution in [0, 0.1) is 18.3 Å². The van der Waals surface area contributed by atoms with Crippen LogP contribution >= 0.6 is 0 Å². The molecule has 0 saturated carbocycles. The van der Waals surface area contributed by atoms with Gasteiger partial charge in [-0.2, -0.15) is 5.26 Å². The molecule has 1 aliphatic rings. The number of nitriles is 1. The number of carbonyl (C=O) groups excluding carboxylic acids is 1. The molecule has 0 bridgehead atoms. The Morgan fingerprint density at radius 3 is 2.67 bits per heavy atom. The van der Waals surface area contributed by atoms with Crippen LogP contribution in [0.15, 0.2) is 24.3 Å². The van der Waals surface area contributed by atoms with Crippen molar-refractivity contribution < 1.29 is 4.79 Å². The lowest BCUT2D eigenvalue weighted by atomic mass is 9.89. The van der Waals surface area contributed by atoms with E-state index in [2.05, 4.69) is 35.3 Å². The van der Waals surface area contributed by atoms with Gasteiger partial charge in [0.15, 0.2) is 0 Å². The molecular formula is C17H23N3O. The number of carbonyl (C=O) groups is 1. The first kappa shape index (κ1) is 15.5. The molecule has 0 unspecified atom stereocenters. The van der Waals surface area contributed by atoms with Crippen LogP contribution in [0.1, 0.15) is 30.4 Å². The van der Waals surface area contributed by atoms with Gasteiger partial charge in [0.05, 0.1) is 6.07 Å². The van der Waals surface area contributed by atoms with Gasteiger partial charge in [-0.05, 0) is 44.4 Å². The number of nitrogens with one attached hydrogen (secondary N) is 1. The largest absolute Gasteiger partial charge is 0.338 e. The average Bonchev–Trinajstić information content (AvgIpc) is 2.49. The van der Waals surface area contributed by atoms with Crippen LogP contribution in [-0.2, 0) is 11.2 Å². The fraction of sp³-hybridized carbons (Fsp3) is 0.529. The van der Waals surface area contributed by atoms with Crippen LogP contribution in [0.3, 0.4) is 0 Å². The van der Waals surface area contributed by atoms with Crippen LogP contribution in [0.4, 0.5) is 0 Å². The second kappa shape index (κ2) is 6.73. The number of aryl methyl sites for hydroxylation is 2. The van der Waals surface area contributed by atoms with E-state index in [1.165, 1.54) is 11.1 Å². The average molecular weight is 285 g/mol. The molecule has 0 aromatic heterocycles. The molecule has 1 amide bonds. The Morgan fingerprint density at radius 2 is 2.05 bits per heavy atom. The van der Waals surface area contributed by atoms with Gasteiger partial charge in [0.1, 0.15) is 5.54 Å². The fourth-order valence-electron chi connectivity index (χ4n) is 2.73.